The highest BCUT2D eigenvalue weighted by atomic mass is 16.5. The van der Waals surface area contributed by atoms with Gasteiger partial charge in [-0.05, 0) is 50.4 Å². The molecule has 0 radical (unpaired) electrons. The molecular formula is C13H22N4O. The van der Waals surface area contributed by atoms with E-state index < -0.39 is 0 Å². The molecule has 18 heavy (non-hydrogen) atoms. The van der Waals surface area contributed by atoms with Crippen LogP contribution < -0.4 is 10.2 Å². The number of hydrogen-bond acceptors (Lipinski definition) is 5. The molecule has 3 rings (SSSR count). The number of aromatic nitrogens is 2. The van der Waals surface area contributed by atoms with E-state index in [-0.39, 0.29) is 5.41 Å². The molecule has 2 aliphatic rings. The SMILES string of the molecule is CCC1(c2nc(N3CCCC3)no2)CCNCC1. The standard InChI is InChI=1S/C13H22N4O/c1-2-13(5-7-14-8-6-13)11-15-12(16-18-11)17-9-3-4-10-17/h14H,2-10H2,1H3. The largest absolute Gasteiger partial charge is 0.338 e. The Balaban J connectivity index is 1.82. The highest BCUT2D eigenvalue weighted by molar-refractivity contribution is 5.30. The second kappa shape index (κ2) is 4.88. The number of nitrogens with zero attached hydrogens (tertiary/aromatic N) is 3. The Labute approximate surface area is 108 Å². The summed E-state index contributed by atoms with van der Waals surface area (Å²) in [6.07, 6.45) is 5.77. The fourth-order valence-corrected chi connectivity index (χ4v) is 3.10. The Bertz CT molecular complexity index is 391. The van der Waals surface area contributed by atoms with Crippen molar-refractivity contribution in [1.82, 2.24) is 15.5 Å². The minimum atomic E-state index is 0.107. The molecule has 0 aromatic carbocycles. The summed E-state index contributed by atoms with van der Waals surface area (Å²) in [5.41, 5.74) is 0.107. The van der Waals surface area contributed by atoms with Gasteiger partial charge in [-0.15, -0.1) is 0 Å². The van der Waals surface area contributed by atoms with Gasteiger partial charge in [0.2, 0.25) is 5.89 Å². The molecule has 0 unspecified atom stereocenters. The molecule has 0 aliphatic carbocycles. The summed E-state index contributed by atoms with van der Waals surface area (Å²) in [6.45, 7) is 6.47. The van der Waals surface area contributed by atoms with E-state index in [1.54, 1.807) is 0 Å². The molecule has 0 spiro atoms. The molecule has 100 valence electrons. The zero-order chi connectivity index (χ0) is 12.4. The van der Waals surface area contributed by atoms with E-state index in [2.05, 4.69) is 27.3 Å². The molecule has 1 aromatic heterocycles. The first kappa shape index (κ1) is 12.0. The maximum atomic E-state index is 5.58. The summed E-state index contributed by atoms with van der Waals surface area (Å²) in [7, 11) is 0. The van der Waals surface area contributed by atoms with Crippen LogP contribution in [0.1, 0.15) is 44.9 Å². The summed E-state index contributed by atoms with van der Waals surface area (Å²) in [4.78, 5) is 6.91. The predicted octanol–water partition coefficient (Wildman–Crippen LogP) is 1.70. The molecule has 0 atom stereocenters. The number of anilines is 1. The molecular weight excluding hydrogens is 228 g/mol. The van der Waals surface area contributed by atoms with Crippen LogP contribution in [0.5, 0.6) is 0 Å². The van der Waals surface area contributed by atoms with Gasteiger partial charge < -0.3 is 14.7 Å². The first-order valence-electron chi connectivity index (χ1n) is 7.14. The Morgan fingerprint density at radius 3 is 2.67 bits per heavy atom. The van der Waals surface area contributed by atoms with Gasteiger partial charge in [0.15, 0.2) is 0 Å². The summed E-state index contributed by atoms with van der Waals surface area (Å²) in [5.74, 6) is 1.65. The molecule has 5 nitrogen and oxygen atoms in total. The molecule has 0 saturated carbocycles. The zero-order valence-corrected chi connectivity index (χ0v) is 11.1. The zero-order valence-electron chi connectivity index (χ0n) is 11.1. The van der Waals surface area contributed by atoms with Crippen LogP contribution in [0.15, 0.2) is 4.52 Å². The fourth-order valence-electron chi connectivity index (χ4n) is 3.10. The van der Waals surface area contributed by atoms with Gasteiger partial charge in [0.05, 0.1) is 5.41 Å². The van der Waals surface area contributed by atoms with Crippen LogP contribution in [0.2, 0.25) is 0 Å². The van der Waals surface area contributed by atoms with Crippen LogP contribution in [0.4, 0.5) is 5.95 Å². The quantitative estimate of drug-likeness (QED) is 0.885. The minimum Gasteiger partial charge on any atom is -0.338 e. The first-order chi connectivity index (χ1) is 8.84. The molecule has 2 aliphatic heterocycles. The molecule has 1 aromatic rings. The van der Waals surface area contributed by atoms with Gasteiger partial charge >= 0.3 is 0 Å². The van der Waals surface area contributed by atoms with Crippen molar-refractivity contribution in [3.05, 3.63) is 5.89 Å². The number of hydrogen-bond donors (Lipinski definition) is 1. The summed E-state index contributed by atoms with van der Waals surface area (Å²) >= 11 is 0. The van der Waals surface area contributed by atoms with Crippen molar-refractivity contribution in [3.8, 4) is 0 Å². The van der Waals surface area contributed by atoms with Crippen molar-refractivity contribution in [2.24, 2.45) is 0 Å². The molecule has 1 N–H and O–H groups in total. The van der Waals surface area contributed by atoms with Crippen LogP contribution in [-0.2, 0) is 5.41 Å². The van der Waals surface area contributed by atoms with Crippen molar-refractivity contribution < 1.29 is 4.52 Å². The van der Waals surface area contributed by atoms with Crippen LogP contribution in [0, 0.1) is 0 Å². The highest BCUT2D eigenvalue weighted by Crippen LogP contribution is 2.36. The monoisotopic (exact) mass is 250 g/mol. The molecule has 2 fully saturated rings. The number of nitrogens with one attached hydrogen (secondary N) is 1. The Hall–Kier alpha value is -1.10. The lowest BCUT2D eigenvalue weighted by molar-refractivity contribution is 0.216. The normalized spacial score (nSPS) is 23.5. The lowest BCUT2D eigenvalue weighted by Gasteiger charge is -2.33. The van der Waals surface area contributed by atoms with Crippen molar-refractivity contribution in [2.75, 3.05) is 31.1 Å². The number of rotatable bonds is 3. The number of piperidine rings is 1. The third-order valence-electron chi connectivity index (χ3n) is 4.50. The van der Waals surface area contributed by atoms with Crippen molar-refractivity contribution in [3.63, 3.8) is 0 Å². The van der Waals surface area contributed by atoms with Gasteiger partial charge in [-0.3, -0.25) is 0 Å². The van der Waals surface area contributed by atoms with E-state index >= 15 is 0 Å². The van der Waals surface area contributed by atoms with Crippen LogP contribution >= 0.6 is 0 Å². The molecule has 3 heterocycles. The van der Waals surface area contributed by atoms with Crippen molar-refractivity contribution in [1.29, 1.82) is 0 Å². The Morgan fingerprint density at radius 1 is 1.28 bits per heavy atom. The van der Waals surface area contributed by atoms with E-state index in [1.165, 1.54) is 12.8 Å². The molecule has 2 saturated heterocycles. The van der Waals surface area contributed by atoms with Gasteiger partial charge in [0.25, 0.3) is 5.95 Å². The van der Waals surface area contributed by atoms with E-state index in [9.17, 15) is 0 Å². The molecule has 0 bridgehead atoms. The smallest absolute Gasteiger partial charge is 0.266 e. The van der Waals surface area contributed by atoms with Crippen LogP contribution in [-0.4, -0.2) is 36.3 Å². The maximum absolute atomic E-state index is 5.58. The van der Waals surface area contributed by atoms with E-state index in [1.807, 2.05) is 0 Å². The average Bonchev–Trinajstić information content (AvgIpc) is 3.10. The van der Waals surface area contributed by atoms with E-state index in [4.69, 9.17) is 4.52 Å². The van der Waals surface area contributed by atoms with E-state index in [0.29, 0.717) is 0 Å². The molecule has 5 heteroatoms. The summed E-state index contributed by atoms with van der Waals surface area (Å²) in [6, 6.07) is 0. The van der Waals surface area contributed by atoms with Crippen molar-refractivity contribution in [2.45, 2.75) is 44.4 Å². The summed E-state index contributed by atoms with van der Waals surface area (Å²) < 4.78 is 5.58. The van der Waals surface area contributed by atoms with Gasteiger partial charge in [-0.2, -0.15) is 4.98 Å². The van der Waals surface area contributed by atoms with Gasteiger partial charge in [0, 0.05) is 13.1 Å². The Morgan fingerprint density at radius 2 is 2.00 bits per heavy atom. The fraction of sp³-hybridized carbons (Fsp3) is 0.846. The summed E-state index contributed by atoms with van der Waals surface area (Å²) in [5, 5.41) is 7.59. The van der Waals surface area contributed by atoms with E-state index in [0.717, 1.165) is 57.3 Å². The van der Waals surface area contributed by atoms with Gasteiger partial charge in [-0.1, -0.05) is 6.92 Å². The lowest BCUT2D eigenvalue weighted by Crippen LogP contribution is -2.39. The second-order valence-electron chi connectivity index (χ2n) is 5.48. The van der Waals surface area contributed by atoms with Crippen LogP contribution in [0.3, 0.4) is 0 Å². The maximum Gasteiger partial charge on any atom is 0.266 e. The predicted molar refractivity (Wildman–Crippen MR) is 69.8 cm³/mol. The minimum absolute atomic E-state index is 0.107. The average molecular weight is 250 g/mol. The Kier molecular flexibility index (Phi) is 3.24. The van der Waals surface area contributed by atoms with Crippen LogP contribution in [0.25, 0.3) is 0 Å². The highest BCUT2D eigenvalue weighted by Gasteiger charge is 2.38. The topological polar surface area (TPSA) is 54.2 Å². The molecule has 0 amide bonds. The van der Waals surface area contributed by atoms with Gasteiger partial charge in [0.1, 0.15) is 0 Å². The lowest BCUT2D eigenvalue weighted by atomic mass is 9.76. The third kappa shape index (κ3) is 2.00. The first-order valence-corrected chi connectivity index (χ1v) is 7.14. The van der Waals surface area contributed by atoms with Crippen molar-refractivity contribution >= 4 is 5.95 Å². The third-order valence-corrected chi connectivity index (χ3v) is 4.50. The second-order valence-corrected chi connectivity index (χ2v) is 5.48. The van der Waals surface area contributed by atoms with Gasteiger partial charge in [-0.25, -0.2) is 0 Å².